The Kier molecular flexibility index (Phi) is 3.97. The van der Waals surface area contributed by atoms with E-state index in [1.54, 1.807) is 6.07 Å². The molecule has 1 saturated heterocycles. The Bertz CT molecular complexity index is 372. The molecule has 1 aromatic carbocycles. The van der Waals surface area contributed by atoms with Crippen LogP contribution in [-0.4, -0.2) is 23.2 Å². The van der Waals surface area contributed by atoms with E-state index in [4.69, 9.17) is 11.6 Å². The molecule has 0 aromatic heterocycles. The quantitative estimate of drug-likeness (QED) is 0.754. The van der Waals surface area contributed by atoms with Crippen LogP contribution in [0.5, 0.6) is 0 Å². The third kappa shape index (κ3) is 3.06. The van der Waals surface area contributed by atoms with Gasteiger partial charge in [0.1, 0.15) is 0 Å². The summed E-state index contributed by atoms with van der Waals surface area (Å²) in [5, 5.41) is -0.375. The van der Waals surface area contributed by atoms with Crippen LogP contribution in [0, 0.1) is 0 Å². The SMILES string of the molecule is O=C(Cl)c1cccc(CN2CCCCC2)c1. The average Bonchev–Trinajstić information content (AvgIpc) is 2.30. The molecule has 0 radical (unpaired) electrons. The summed E-state index contributed by atoms with van der Waals surface area (Å²) in [7, 11) is 0. The van der Waals surface area contributed by atoms with Gasteiger partial charge in [0.15, 0.2) is 0 Å². The van der Waals surface area contributed by atoms with E-state index < -0.39 is 0 Å². The molecule has 0 bridgehead atoms. The van der Waals surface area contributed by atoms with E-state index in [0.29, 0.717) is 5.56 Å². The van der Waals surface area contributed by atoms with Gasteiger partial charge in [-0.15, -0.1) is 0 Å². The number of carbonyl (C=O) groups excluding carboxylic acids is 1. The molecule has 2 rings (SSSR count). The van der Waals surface area contributed by atoms with Crippen molar-refractivity contribution in [3.8, 4) is 0 Å². The number of piperidine rings is 1. The normalized spacial score (nSPS) is 17.3. The fraction of sp³-hybridized carbons (Fsp3) is 0.462. The standard InChI is InChI=1S/C13H16ClNO/c14-13(16)12-6-4-5-11(9-12)10-15-7-2-1-3-8-15/h4-6,9H,1-3,7-8,10H2. The maximum atomic E-state index is 11.0. The van der Waals surface area contributed by atoms with Gasteiger partial charge in [0.05, 0.1) is 0 Å². The molecule has 1 fully saturated rings. The number of nitrogens with zero attached hydrogens (tertiary/aromatic N) is 1. The van der Waals surface area contributed by atoms with Gasteiger partial charge in [-0.3, -0.25) is 9.69 Å². The van der Waals surface area contributed by atoms with Crippen molar-refractivity contribution in [2.45, 2.75) is 25.8 Å². The van der Waals surface area contributed by atoms with Crippen LogP contribution in [0.4, 0.5) is 0 Å². The molecule has 1 aliphatic rings. The Morgan fingerprint density at radius 3 is 2.69 bits per heavy atom. The summed E-state index contributed by atoms with van der Waals surface area (Å²) in [4.78, 5) is 13.5. The highest BCUT2D eigenvalue weighted by Crippen LogP contribution is 2.14. The van der Waals surface area contributed by atoms with Crippen molar-refractivity contribution in [1.82, 2.24) is 4.90 Å². The summed E-state index contributed by atoms with van der Waals surface area (Å²) in [5.74, 6) is 0. The van der Waals surface area contributed by atoms with E-state index in [2.05, 4.69) is 11.0 Å². The molecule has 0 unspecified atom stereocenters. The van der Waals surface area contributed by atoms with E-state index >= 15 is 0 Å². The van der Waals surface area contributed by atoms with E-state index in [9.17, 15) is 4.79 Å². The van der Waals surface area contributed by atoms with Gasteiger partial charge in [-0.2, -0.15) is 0 Å². The second-order valence-corrected chi connectivity index (χ2v) is 4.65. The van der Waals surface area contributed by atoms with Gasteiger partial charge in [-0.1, -0.05) is 24.6 Å². The van der Waals surface area contributed by atoms with Crippen LogP contribution in [0.1, 0.15) is 35.2 Å². The van der Waals surface area contributed by atoms with Crippen molar-refractivity contribution < 1.29 is 4.79 Å². The number of carbonyl (C=O) groups is 1. The first kappa shape index (κ1) is 11.6. The highest BCUT2D eigenvalue weighted by atomic mass is 35.5. The van der Waals surface area contributed by atoms with E-state index in [1.165, 1.54) is 37.9 Å². The smallest absolute Gasteiger partial charge is 0.252 e. The second-order valence-electron chi connectivity index (χ2n) is 4.31. The first-order chi connectivity index (χ1) is 7.75. The number of hydrogen-bond acceptors (Lipinski definition) is 2. The number of benzene rings is 1. The maximum absolute atomic E-state index is 11.0. The molecule has 0 spiro atoms. The lowest BCUT2D eigenvalue weighted by molar-refractivity contribution is 0.108. The number of likely N-dealkylation sites (tertiary alicyclic amines) is 1. The fourth-order valence-electron chi connectivity index (χ4n) is 2.17. The van der Waals surface area contributed by atoms with E-state index in [1.807, 2.05) is 12.1 Å². The highest BCUT2D eigenvalue weighted by Gasteiger charge is 2.11. The maximum Gasteiger partial charge on any atom is 0.252 e. The molecular formula is C13H16ClNO. The predicted octanol–water partition coefficient (Wildman–Crippen LogP) is 3.05. The third-order valence-electron chi connectivity index (χ3n) is 3.01. The molecule has 0 N–H and O–H groups in total. The van der Waals surface area contributed by atoms with Crippen LogP contribution in [0.15, 0.2) is 24.3 Å². The van der Waals surface area contributed by atoms with Gasteiger partial charge in [0.2, 0.25) is 0 Å². The molecule has 0 atom stereocenters. The zero-order valence-electron chi connectivity index (χ0n) is 9.29. The van der Waals surface area contributed by atoms with Crippen LogP contribution in [0.2, 0.25) is 0 Å². The molecule has 1 aromatic rings. The van der Waals surface area contributed by atoms with Crippen LogP contribution in [0.25, 0.3) is 0 Å². The van der Waals surface area contributed by atoms with Gasteiger partial charge in [0.25, 0.3) is 5.24 Å². The first-order valence-corrected chi connectivity index (χ1v) is 6.14. The monoisotopic (exact) mass is 237 g/mol. The molecule has 0 saturated carbocycles. The van der Waals surface area contributed by atoms with Gasteiger partial charge in [0, 0.05) is 12.1 Å². The summed E-state index contributed by atoms with van der Waals surface area (Å²) in [6.45, 7) is 3.26. The zero-order chi connectivity index (χ0) is 11.4. The van der Waals surface area contributed by atoms with E-state index in [0.717, 1.165) is 6.54 Å². The minimum absolute atomic E-state index is 0.375. The average molecular weight is 238 g/mol. The summed E-state index contributed by atoms with van der Waals surface area (Å²) >= 11 is 5.47. The number of hydrogen-bond donors (Lipinski definition) is 0. The van der Waals surface area contributed by atoms with Crippen molar-refractivity contribution in [2.75, 3.05) is 13.1 Å². The molecule has 3 heteroatoms. The molecule has 2 nitrogen and oxygen atoms in total. The van der Waals surface area contributed by atoms with Crippen LogP contribution < -0.4 is 0 Å². The Morgan fingerprint density at radius 1 is 1.25 bits per heavy atom. The molecule has 1 heterocycles. The Hall–Kier alpha value is -0.860. The largest absolute Gasteiger partial charge is 0.299 e. The highest BCUT2D eigenvalue weighted by molar-refractivity contribution is 6.67. The molecule has 0 amide bonds. The predicted molar refractivity (Wildman–Crippen MR) is 65.8 cm³/mol. The zero-order valence-corrected chi connectivity index (χ0v) is 10.0. The van der Waals surface area contributed by atoms with Gasteiger partial charge in [-0.25, -0.2) is 0 Å². The molecule has 86 valence electrons. The van der Waals surface area contributed by atoms with Crippen LogP contribution >= 0.6 is 11.6 Å². The number of rotatable bonds is 3. The fourth-order valence-corrected chi connectivity index (χ4v) is 2.29. The Morgan fingerprint density at radius 2 is 2.00 bits per heavy atom. The van der Waals surface area contributed by atoms with Crippen molar-refractivity contribution in [1.29, 1.82) is 0 Å². The number of halogens is 1. The minimum Gasteiger partial charge on any atom is -0.299 e. The Balaban J connectivity index is 2.02. The lowest BCUT2D eigenvalue weighted by atomic mass is 10.1. The van der Waals surface area contributed by atoms with Crippen molar-refractivity contribution >= 4 is 16.8 Å². The van der Waals surface area contributed by atoms with Gasteiger partial charge in [-0.05, 0) is 49.2 Å². The van der Waals surface area contributed by atoms with Gasteiger partial charge < -0.3 is 0 Å². The summed E-state index contributed by atoms with van der Waals surface area (Å²) < 4.78 is 0. The van der Waals surface area contributed by atoms with Crippen LogP contribution in [-0.2, 0) is 6.54 Å². The molecular weight excluding hydrogens is 222 g/mol. The second kappa shape index (κ2) is 5.46. The summed E-state index contributed by atoms with van der Waals surface area (Å²) in [6, 6.07) is 7.60. The third-order valence-corrected chi connectivity index (χ3v) is 3.23. The minimum atomic E-state index is -0.375. The first-order valence-electron chi connectivity index (χ1n) is 5.77. The molecule has 1 aliphatic heterocycles. The topological polar surface area (TPSA) is 20.3 Å². The summed E-state index contributed by atoms with van der Waals surface area (Å²) in [6.07, 6.45) is 3.92. The van der Waals surface area contributed by atoms with E-state index in [-0.39, 0.29) is 5.24 Å². The lowest BCUT2D eigenvalue weighted by Gasteiger charge is -2.26. The van der Waals surface area contributed by atoms with Gasteiger partial charge >= 0.3 is 0 Å². The molecule has 16 heavy (non-hydrogen) atoms. The summed E-state index contributed by atoms with van der Waals surface area (Å²) in [5.41, 5.74) is 1.77. The van der Waals surface area contributed by atoms with Crippen LogP contribution in [0.3, 0.4) is 0 Å². The Labute approximate surface area is 101 Å². The molecule has 0 aliphatic carbocycles. The van der Waals surface area contributed by atoms with Crippen molar-refractivity contribution in [3.05, 3.63) is 35.4 Å². The lowest BCUT2D eigenvalue weighted by Crippen LogP contribution is -2.29. The van der Waals surface area contributed by atoms with Crippen molar-refractivity contribution in [3.63, 3.8) is 0 Å². The van der Waals surface area contributed by atoms with Crippen molar-refractivity contribution in [2.24, 2.45) is 0 Å².